The van der Waals surface area contributed by atoms with Crippen molar-refractivity contribution in [1.82, 2.24) is 14.5 Å². The summed E-state index contributed by atoms with van der Waals surface area (Å²) >= 11 is 0. The Morgan fingerprint density at radius 2 is 1.83 bits per heavy atom. The lowest BCUT2D eigenvalue weighted by atomic mass is 10.2. The number of rotatable bonds is 6. The Kier molecular flexibility index (Phi) is 4.64. The second-order valence-corrected chi connectivity index (χ2v) is 7.57. The molecule has 0 aromatic heterocycles. The van der Waals surface area contributed by atoms with Gasteiger partial charge in [-0.15, -0.1) is 0 Å². The highest BCUT2D eigenvalue weighted by atomic mass is 32.2. The van der Waals surface area contributed by atoms with Crippen LogP contribution in [0.2, 0.25) is 0 Å². The van der Waals surface area contributed by atoms with E-state index in [9.17, 15) is 8.42 Å². The van der Waals surface area contributed by atoms with Crippen LogP contribution in [0.4, 0.5) is 0 Å². The zero-order chi connectivity index (χ0) is 13.2. The molecule has 1 aliphatic heterocycles. The zero-order valence-corrected chi connectivity index (χ0v) is 12.2. The van der Waals surface area contributed by atoms with E-state index < -0.39 is 10.0 Å². The largest absolute Gasteiger partial charge is 0.313 e. The van der Waals surface area contributed by atoms with Crippen LogP contribution in [0, 0.1) is 5.92 Å². The summed E-state index contributed by atoms with van der Waals surface area (Å²) in [6, 6.07) is 0.641. The van der Waals surface area contributed by atoms with Gasteiger partial charge in [-0.2, -0.15) is 4.31 Å². The molecule has 1 unspecified atom stereocenters. The van der Waals surface area contributed by atoms with Gasteiger partial charge < -0.3 is 5.32 Å². The average molecular weight is 275 g/mol. The Morgan fingerprint density at radius 1 is 1.22 bits per heavy atom. The van der Waals surface area contributed by atoms with E-state index in [1.807, 2.05) is 0 Å². The highest BCUT2D eigenvalue weighted by molar-refractivity contribution is 7.88. The summed E-state index contributed by atoms with van der Waals surface area (Å²) in [6.45, 7) is 7.28. The molecule has 0 bridgehead atoms. The van der Waals surface area contributed by atoms with Crippen LogP contribution in [-0.4, -0.2) is 69.2 Å². The maximum Gasteiger partial charge on any atom is 0.211 e. The van der Waals surface area contributed by atoms with Gasteiger partial charge in [0.2, 0.25) is 10.0 Å². The van der Waals surface area contributed by atoms with Crippen molar-refractivity contribution in [2.45, 2.75) is 25.8 Å². The van der Waals surface area contributed by atoms with Gasteiger partial charge in [-0.1, -0.05) is 0 Å². The van der Waals surface area contributed by atoms with E-state index >= 15 is 0 Å². The normalized spacial score (nSPS) is 25.2. The van der Waals surface area contributed by atoms with E-state index in [0.717, 1.165) is 32.1 Å². The van der Waals surface area contributed by atoms with E-state index in [-0.39, 0.29) is 0 Å². The van der Waals surface area contributed by atoms with Crippen molar-refractivity contribution in [2.24, 2.45) is 5.92 Å². The summed E-state index contributed by atoms with van der Waals surface area (Å²) < 4.78 is 24.3. The highest BCUT2D eigenvalue weighted by Gasteiger charge is 2.27. The Morgan fingerprint density at radius 3 is 2.33 bits per heavy atom. The SMILES string of the molecule is CC(NCCN1CCN(S(C)(=O)=O)CC1)C1CC1. The van der Waals surface area contributed by atoms with Crippen LogP contribution in [0.25, 0.3) is 0 Å². The van der Waals surface area contributed by atoms with Crippen LogP contribution < -0.4 is 5.32 Å². The molecule has 0 aromatic carbocycles. The van der Waals surface area contributed by atoms with Crippen LogP contribution in [0.15, 0.2) is 0 Å². The van der Waals surface area contributed by atoms with Crippen molar-refractivity contribution >= 4 is 10.0 Å². The Bertz CT molecular complexity index is 360. The van der Waals surface area contributed by atoms with Crippen LogP contribution in [0.3, 0.4) is 0 Å². The third kappa shape index (κ3) is 4.19. The highest BCUT2D eigenvalue weighted by Crippen LogP contribution is 2.32. The van der Waals surface area contributed by atoms with Gasteiger partial charge >= 0.3 is 0 Å². The van der Waals surface area contributed by atoms with Crippen molar-refractivity contribution in [3.8, 4) is 0 Å². The molecule has 18 heavy (non-hydrogen) atoms. The Labute approximate surface area is 111 Å². The molecule has 1 saturated carbocycles. The fourth-order valence-electron chi connectivity index (χ4n) is 2.50. The molecule has 1 saturated heterocycles. The predicted octanol–water partition coefficient (Wildman–Crippen LogP) is -0.0483. The minimum atomic E-state index is -3.00. The third-order valence-corrected chi connectivity index (χ3v) is 5.33. The number of sulfonamides is 1. The maximum atomic E-state index is 11.4. The molecule has 6 heteroatoms. The number of nitrogens with one attached hydrogen (secondary N) is 1. The maximum absolute atomic E-state index is 11.4. The first-order chi connectivity index (χ1) is 8.47. The van der Waals surface area contributed by atoms with Crippen LogP contribution in [0.1, 0.15) is 19.8 Å². The first-order valence-electron chi connectivity index (χ1n) is 6.87. The second kappa shape index (κ2) is 5.86. The molecule has 0 spiro atoms. The van der Waals surface area contributed by atoms with Gasteiger partial charge in [0.05, 0.1) is 6.26 Å². The fourth-order valence-corrected chi connectivity index (χ4v) is 3.32. The van der Waals surface area contributed by atoms with E-state index in [0.29, 0.717) is 19.1 Å². The molecule has 0 radical (unpaired) electrons. The minimum absolute atomic E-state index is 0.636. The topological polar surface area (TPSA) is 52.6 Å². The van der Waals surface area contributed by atoms with E-state index in [4.69, 9.17) is 0 Å². The zero-order valence-electron chi connectivity index (χ0n) is 11.4. The summed E-state index contributed by atoms with van der Waals surface area (Å²) in [4.78, 5) is 2.34. The molecule has 2 fully saturated rings. The lowest BCUT2D eigenvalue weighted by Crippen LogP contribution is -2.50. The first-order valence-corrected chi connectivity index (χ1v) is 8.72. The van der Waals surface area contributed by atoms with Gasteiger partial charge in [0.15, 0.2) is 0 Å². The number of nitrogens with zero attached hydrogens (tertiary/aromatic N) is 2. The average Bonchev–Trinajstić information content (AvgIpc) is 3.12. The summed E-state index contributed by atoms with van der Waals surface area (Å²) in [5, 5.41) is 3.56. The van der Waals surface area contributed by atoms with Gasteiger partial charge in [-0.05, 0) is 25.7 Å². The smallest absolute Gasteiger partial charge is 0.211 e. The van der Waals surface area contributed by atoms with Crippen LogP contribution in [-0.2, 0) is 10.0 Å². The lowest BCUT2D eigenvalue weighted by molar-refractivity contribution is 0.187. The Hall–Kier alpha value is -0.170. The predicted molar refractivity (Wildman–Crippen MR) is 73.0 cm³/mol. The molecule has 106 valence electrons. The van der Waals surface area contributed by atoms with Crippen LogP contribution in [0.5, 0.6) is 0 Å². The first kappa shape index (κ1) is 14.2. The molecule has 1 atom stereocenters. The van der Waals surface area contributed by atoms with Crippen molar-refractivity contribution in [3.63, 3.8) is 0 Å². The summed E-state index contributed by atoms with van der Waals surface area (Å²) in [6.07, 6.45) is 4.05. The number of hydrogen-bond acceptors (Lipinski definition) is 4. The molecular formula is C12H25N3O2S. The van der Waals surface area contributed by atoms with Gasteiger partial charge in [0.25, 0.3) is 0 Å². The van der Waals surface area contributed by atoms with Crippen molar-refractivity contribution in [2.75, 3.05) is 45.5 Å². The van der Waals surface area contributed by atoms with Gasteiger partial charge in [-0.25, -0.2) is 8.42 Å². The quantitative estimate of drug-likeness (QED) is 0.738. The molecule has 0 amide bonds. The van der Waals surface area contributed by atoms with Crippen molar-refractivity contribution in [1.29, 1.82) is 0 Å². The minimum Gasteiger partial charge on any atom is -0.313 e. The molecule has 1 N–H and O–H groups in total. The second-order valence-electron chi connectivity index (χ2n) is 5.58. The third-order valence-electron chi connectivity index (χ3n) is 4.02. The van der Waals surface area contributed by atoms with Gasteiger partial charge in [0.1, 0.15) is 0 Å². The molecular weight excluding hydrogens is 250 g/mol. The number of hydrogen-bond donors (Lipinski definition) is 1. The monoisotopic (exact) mass is 275 g/mol. The fraction of sp³-hybridized carbons (Fsp3) is 1.00. The van der Waals surface area contributed by atoms with E-state index in [1.54, 1.807) is 4.31 Å². The molecule has 0 aromatic rings. The molecule has 1 heterocycles. The summed E-state index contributed by atoms with van der Waals surface area (Å²) in [7, 11) is -3.00. The Balaban J connectivity index is 1.61. The summed E-state index contributed by atoms with van der Waals surface area (Å²) in [5.41, 5.74) is 0. The molecule has 1 aliphatic carbocycles. The van der Waals surface area contributed by atoms with E-state index in [1.165, 1.54) is 19.1 Å². The van der Waals surface area contributed by atoms with Crippen molar-refractivity contribution in [3.05, 3.63) is 0 Å². The van der Waals surface area contributed by atoms with Crippen molar-refractivity contribution < 1.29 is 8.42 Å². The van der Waals surface area contributed by atoms with Gasteiger partial charge in [-0.3, -0.25) is 4.90 Å². The number of piperazine rings is 1. The summed E-state index contributed by atoms with van der Waals surface area (Å²) in [5.74, 6) is 0.895. The van der Waals surface area contributed by atoms with Crippen LogP contribution >= 0.6 is 0 Å². The lowest BCUT2D eigenvalue weighted by Gasteiger charge is -2.33. The van der Waals surface area contributed by atoms with Gasteiger partial charge in [0, 0.05) is 45.3 Å². The molecule has 5 nitrogen and oxygen atoms in total. The van der Waals surface area contributed by atoms with E-state index in [2.05, 4.69) is 17.1 Å². The molecule has 2 aliphatic rings. The molecule has 2 rings (SSSR count). The standard InChI is InChI=1S/C12H25N3O2S/c1-11(12-3-4-12)13-5-6-14-7-9-15(10-8-14)18(2,16)17/h11-13H,3-10H2,1-2H3.